The van der Waals surface area contributed by atoms with Gasteiger partial charge >= 0.3 is 0 Å². The molecule has 1 aromatic heterocycles. The van der Waals surface area contributed by atoms with Crippen molar-refractivity contribution in [2.24, 2.45) is 0 Å². The molecule has 0 saturated carbocycles. The molecule has 2 rings (SSSR count). The number of nitrogens with one attached hydrogen (secondary N) is 1. The molecule has 0 spiro atoms. The smallest absolute Gasteiger partial charge is 0.224 e. The lowest BCUT2D eigenvalue weighted by molar-refractivity contribution is 0.446. The van der Waals surface area contributed by atoms with E-state index >= 15 is 0 Å². The fourth-order valence-corrected chi connectivity index (χ4v) is 2.55. The summed E-state index contributed by atoms with van der Waals surface area (Å²) in [4.78, 5) is 11.3. The standard InChI is InChI=1S/C13H22N4/c1-4-11-7-5-6-8-17(11)12-10(2)9-15-13(14-3)16-12/h9,11H,4-8H2,1-3H3,(H,14,15,16). The lowest BCUT2D eigenvalue weighted by atomic mass is 9.99. The van der Waals surface area contributed by atoms with Crippen molar-refractivity contribution in [1.29, 1.82) is 0 Å². The first kappa shape index (κ1) is 12.1. The first-order valence-corrected chi connectivity index (χ1v) is 6.54. The molecule has 0 radical (unpaired) electrons. The third-order valence-electron chi connectivity index (χ3n) is 3.54. The van der Waals surface area contributed by atoms with Crippen LogP contribution in [0.4, 0.5) is 11.8 Å². The van der Waals surface area contributed by atoms with Crippen LogP contribution in [0.1, 0.15) is 38.2 Å². The Morgan fingerprint density at radius 3 is 3.00 bits per heavy atom. The summed E-state index contributed by atoms with van der Waals surface area (Å²) in [6.07, 6.45) is 7.01. The molecule has 0 aliphatic carbocycles. The molecular weight excluding hydrogens is 212 g/mol. The average molecular weight is 234 g/mol. The first-order chi connectivity index (χ1) is 8.26. The van der Waals surface area contributed by atoms with Gasteiger partial charge in [-0.15, -0.1) is 0 Å². The maximum Gasteiger partial charge on any atom is 0.224 e. The van der Waals surface area contributed by atoms with Gasteiger partial charge in [0.1, 0.15) is 5.82 Å². The van der Waals surface area contributed by atoms with E-state index in [1.807, 2.05) is 13.2 Å². The van der Waals surface area contributed by atoms with E-state index in [9.17, 15) is 0 Å². The second-order valence-corrected chi connectivity index (χ2v) is 4.70. The van der Waals surface area contributed by atoms with E-state index in [-0.39, 0.29) is 0 Å². The van der Waals surface area contributed by atoms with Crippen LogP contribution in [-0.2, 0) is 0 Å². The topological polar surface area (TPSA) is 41.1 Å². The van der Waals surface area contributed by atoms with Gasteiger partial charge in [0.2, 0.25) is 5.95 Å². The highest BCUT2D eigenvalue weighted by molar-refractivity contribution is 5.50. The van der Waals surface area contributed by atoms with E-state index in [0.717, 1.165) is 12.4 Å². The fourth-order valence-electron chi connectivity index (χ4n) is 2.55. The van der Waals surface area contributed by atoms with Crippen molar-refractivity contribution in [3.05, 3.63) is 11.8 Å². The van der Waals surface area contributed by atoms with Crippen LogP contribution in [0.2, 0.25) is 0 Å². The molecule has 94 valence electrons. The summed E-state index contributed by atoms with van der Waals surface area (Å²) in [6, 6.07) is 0.641. The van der Waals surface area contributed by atoms with E-state index in [1.54, 1.807) is 0 Å². The van der Waals surface area contributed by atoms with Gasteiger partial charge in [-0.25, -0.2) is 4.98 Å². The molecule has 4 heteroatoms. The second-order valence-electron chi connectivity index (χ2n) is 4.70. The zero-order valence-corrected chi connectivity index (χ0v) is 11.0. The van der Waals surface area contributed by atoms with Gasteiger partial charge in [0, 0.05) is 31.4 Å². The Morgan fingerprint density at radius 1 is 1.47 bits per heavy atom. The van der Waals surface area contributed by atoms with Gasteiger partial charge in [-0.1, -0.05) is 6.92 Å². The van der Waals surface area contributed by atoms with Gasteiger partial charge in [0.25, 0.3) is 0 Å². The number of rotatable bonds is 3. The molecule has 1 aliphatic rings. The molecule has 4 nitrogen and oxygen atoms in total. The van der Waals surface area contributed by atoms with Gasteiger partial charge in [-0.05, 0) is 32.6 Å². The molecule has 1 fully saturated rings. The van der Waals surface area contributed by atoms with Crippen molar-refractivity contribution in [1.82, 2.24) is 9.97 Å². The summed E-state index contributed by atoms with van der Waals surface area (Å²) < 4.78 is 0. The Balaban J connectivity index is 2.30. The normalized spacial score (nSPS) is 20.4. The third kappa shape index (κ3) is 2.51. The number of nitrogens with zero attached hydrogens (tertiary/aromatic N) is 3. The molecule has 1 saturated heterocycles. The van der Waals surface area contributed by atoms with Crippen LogP contribution < -0.4 is 10.2 Å². The number of hydrogen-bond donors (Lipinski definition) is 1. The number of aromatic nitrogens is 2. The number of hydrogen-bond acceptors (Lipinski definition) is 4. The van der Waals surface area contributed by atoms with Gasteiger partial charge < -0.3 is 10.2 Å². The molecule has 17 heavy (non-hydrogen) atoms. The van der Waals surface area contributed by atoms with Crippen molar-refractivity contribution < 1.29 is 0 Å². The molecule has 1 aromatic rings. The predicted octanol–water partition coefficient (Wildman–Crippen LogP) is 2.60. The Morgan fingerprint density at radius 2 is 2.29 bits per heavy atom. The molecule has 0 bridgehead atoms. The van der Waals surface area contributed by atoms with Crippen LogP contribution in [0.25, 0.3) is 0 Å². The first-order valence-electron chi connectivity index (χ1n) is 6.54. The average Bonchev–Trinajstić information content (AvgIpc) is 2.39. The van der Waals surface area contributed by atoms with Crippen molar-refractivity contribution in [2.75, 3.05) is 23.8 Å². The largest absolute Gasteiger partial charge is 0.357 e. The van der Waals surface area contributed by atoms with E-state index in [0.29, 0.717) is 12.0 Å². The van der Waals surface area contributed by atoms with Crippen molar-refractivity contribution in [2.45, 2.75) is 45.6 Å². The van der Waals surface area contributed by atoms with Crippen molar-refractivity contribution in [3.8, 4) is 0 Å². The van der Waals surface area contributed by atoms with Crippen molar-refractivity contribution >= 4 is 11.8 Å². The number of piperidine rings is 1. The monoisotopic (exact) mass is 234 g/mol. The van der Waals surface area contributed by atoms with Gasteiger partial charge in [0.05, 0.1) is 0 Å². The van der Waals surface area contributed by atoms with E-state index in [1.165, 1.54) is 31.2 Å². The molecule has 1 unspecified atom stereocenters. The summed E-state index contributed by atoms with van der Waals surface area (Å²) >= 11 is 0. The van der Waals surface area contributed by atoms with Crippen LogP contribution in [0.5, 0.6) is 0 Å². The fraction of sp³-hybridized carbons (Fsp3) is 0.692. The maximum atomic E-state index is 4.62. The predicted molar refractivity (Wildman–Crippen MR) is 71.6 cm³/mol. The minimum atomic E-state index is 0.641. The second kappa shape index (κ2) is 5.34. The summed E-state index contributed by atoms with van der Waals surface area (Å²) in [5.74, 6) is 1.82. The summed E-state index contributed by atoms with van der Waals surface area (Å²) in [5, 5.41) is 3.02. The van der Waals surface area contributed by atoms with Crippen LogP contribution >= 0.6 is 0 Å². The van der Waals surface area contributed by atoms with Gasteiger partial charge in [-0.3, -0.25) is 0 Å². The molecular formula is C13H22N4. The van der Waals surface area contributed by atoms with Gasteiger partial charge in [0.15, 0.2) is 0 Å². The minimum absolute atomic E-state index is 0.641. The Hall–Kier alpha value is -1.32. The summed E-state index contributed by atoms with van der Waals surface area (Å²) in [5.41, 5.74) is 1.17. The molecule has 2 heterocycles. The number of anilines is 2. The zero-order valence-electron chi connectivity index (χ0n) is 11.0. The number of aryl methyl sites for hydroxylation is 1. The molecule has 0 aromatic carbocycles. The lowest BCUT2D eigenvalue weighted by Crippen LogP contribution is -2.40. The SMILES string of the molecule is CCC1CCCCN1c1nc(NC)ncc1C. The van der Waals surface area contributed by atoms with E-state index in [4.69, 9.17) is 0 Å². The zero-order chi connectivity index (χ0) is 12.3. The molecule has 1 atom stereocenters. The summed E-state index contributed by atoms with van der Waals surface area (Å²) in [6.45, 7) is 5.48. The Kier molecular flexibility index (Phi) is 3.82. The lowest BCUT2D eigenvalue weighted by Gasteiger charge is -2.37. The van der Waals surface area contributed by atoms with Crippen LogP contribution in [0, 0.1) is 6.92 Å². The third-order valence-corrected chi connectivity index (χ3v) is 3.54. The Bertz CT molecular complexity index is 378. The Labute approximate surface area is 103 Å². The molecule has 1 N–H and O–H groups in total. The maximum absolute atomic E-state index is 4.62. The van der Waals surface area contributed by atoms with Crippen LogP contribution in [0.15, 0.2) is 6.20 Å². The quantitative estimate of drug-likeness (QED) is 0.872. The highest BCUT2D eigenvalue weighted by Gasteiger charge is 2.23. The molecule has 1 aliphatic heterocycles. The molecule has 0 amide bonds. The van der Waals surface area contributed by atoms with Gasteiger partial charge in [-0.2, -0.15) is 4.98 Å². The highest BCUT2D eigenvalue weighted by Crippen LogP contribution is 2.27. The van der Waals surface area contributed by atoms with E-state index < -0.39 is 0 Å². The highest BCUT2D eigenvalue weighted by atomic mass is 15.2. The van der Waals surface area contributed by atoms with Crippen LogP contribution in [0.3, 0.4) is 0 Å². The van der Waals surface area contributed by atoms with Crippen molar-refractivity contribution in [3.63, 3.8) is 0 Å². The van der Waals surface area contributed by atoms with Crippen LogP contribution in [-0.4, -0.2) is 29.6 Å². The summed E-state index contributed by atoms with van der Waals surface area (Å²) in [7, 11) is 1.86. The minimum Gasteiger partial charge on any atom is -0.357 e. The van der Waals surface area contributed by atoms with E-state index in [2.05, 4.69) is 34.0 Å².